The molecule has 0 aromatic heterocycles. The standard InChI is InChI=1S/C12H18ClIN2S/c1-9(5-7-11(3)13)10(2)6-8-12(4)15-16-17-14/h5,7,10,16H,1,3,6,8H2,2,4H3/b7-5-,15-12+. The Labute approximate surface area is 125 Å². The Kier molecular flexibility index (Phi) is 10.1. The summed E-state index contributed by atoms with van der Waals surface area (Å²) in [6, 6.07) is 0. The summed E-state index contributed by atoms with van der Waals surface area (Å²) < 4.78 is 0. The summed E-state index contributed by atoms with van der Waals surface area (Å²) in [5.74, 6) is 0.416. The number of rotatable bonds is 8. The molecule has 0 rings (SSSR count). The van der Waals surface area contributed by atoms with E-state index in [4.69, 9.17) is 11.6 Å². The fraction of sp³-hybridized carbons (Fsp3) is 0.417. The lowest BCUT2D eigenvalue weighted by atomic mass is 9.96. The topological polar surface area (TPSA) is 24.4 Å². The Balaban J connectivity index is 4.05. The first kappa shape index (κ1) is 17.1. The van der Waals surface area contributed by atoms with Crippen molar-refractivity contribution in [2.45, 2.75) is 26.7 Å². The molecule has 96 valence electrons. The molecule has 0 aliphatic rings. The molecule has 0 radical (unpaired) electrons. The average Bonchev–Trinajstić information content (AvgIpc) is 2.29. The molecule has 0 amide bonds. The van der Waals surface area contributed by atoms with Crippen LogP contribution in [0.4, 0.5) is 0 Å². The van der Waals surface area contributed by atoms with Crippen LogP contribution in [0.5, 0.6) is 0 Å². The minimum Gasteiger partial charge on any atom is -0.242 e. The summed E-state index contributed by atoms with van der Waals surface area (Å²) >= 11 is 7.80. The van der Waals surface area contributed by atoms with Crippen molar-refractivity contribution < 1.29 is 0 Å². The van der Waals surface area contributed by atoms with E-state index in [-0.39, 0.29) is 0 Å². The molecule has 0 aliphatic carbocycles. The Morgan fingerprint density at radius 3 is 2.71 bits per heavy atom. The fourth-order valence-corrected chi connectivity index (χ4v) is 1.67. The van der Waals surface area contributed by atoms with E-state index in [1.54, 1.807) is 6.08 Å². The van der Waals surface area contributed by atoms with Crippen molar-refractivity contribution in [3.05, 3.63) is 35.9 Å². The molecule has 0 fully saturated rings. The van der Waals surface area contributed by atoms with Crippen molar-refractivity contribution in [3.63, 3.8) is 0 Å². The van der Waals surface area contributed by atoms with Gasteiger partial charge in [0.15, 0.2) is 0 Å². The van der Waals surface area contributed by atoms with Crippen molar-refractivity contribution in [3.8, 4) is 0 Å². The molecule has 0 spiro atoms. The predicted octanol–water partition coefficient (Wildman–Crippen LogP) is 5.23. The minimum absolute atomic E-state index is 0.416. The summed E-state index contributed by atoms with van der Waals surface area (Å²) in [5.41, 5.74) is 2.16. The number of halogens is 2. The van der Waals surface area contributed by atoms with Crippen LogP contribution in [0.25, 0.3) is 0 Å². The third-order valence-corrected chi connectivity index (χ3v) is 3.20. The molecular formula is C12H18ClIN2S. The van der Waals surface area contributed by atoms with Gasteiger partial charge in [-0.15, -0.1) is 0 Å². The van der Waals surface area contributed by atoms with Gasteiger partial charge in [0, 0.05) is 41.1 Å². The lowest BCUT2D eigenvalue weighted by Crippen LogP contribution is -2.03. The molecule has 0 saturated carbocycles. The second kappa shape index (κ2) is 10.0. The van der Waals surface area contributed by atoms with Crippen LogP contribution in [0.1, 0.15) is 26.7 Å². The van der Waals surface area contributed by atoms with Crippen LogP contribution in [-0.4, -0.2) is 5.71 Å². The Hall–Kier alpha value is 0.0600. The van der Waals surface area contributed by atoms with Gasteiger partial charge < -0.3 is 0 Å². The van der Waals surface area contributed by atoms with Crippen LogP contribution >= 0.6 is 41.9 Å². The van der Waals surface area contributed by atoms with Crippen LogP contribution in [0.15, 0.2) is 41.0 Å². The Bertz CT molecular complexity index is 326. The first-order chi connectivity index (χ1) is 7.97. The summed E-state index contributed by atoms with van der Waals surface area (Å²) in [6.45, 7) is 11.8. The van der Waals surface area contributed by atoms with Crippen LogP contribution in [0.3, 0.4) is 0 Å². The lowest BCUT2D eigenvalue weighted by Gasteiger charge is -2.11. The molecule has 2 nitrogen and oxygen atoms in total. The molecule has 1 atom stereocenters. The highest BCUT2D eigenvalue weighted by molar-refractivity contribution is 14.2. The molecule has 0 aromatic carbocycles. The van der Waals surface area contributed by atoms with E-state index in [2.05, 4.69) is 51.2 Å². The van der Waals surface area contributed by atoms with E-state index in [9.17, 15) is 0 Å². The van der Waals surface area contributed by atoms with Crippen molar-refractivity contribution in [2.75, 3.05) is 0 Å². The molecule has 1 N–H and O–H groups in total. The second-order valence-electron chi connectivity index (χ2n) is 3.81. The second-order valence-corrected chi connectivity index (χ2v) is 5.95. The van der Waals surface area contributed by atoms with Crippen LogP contribution in [0, 0.1) is 5.92 Å². The smallest absolute Gasteiger partial charge is 0.0396 e. The van der Waals surface area contributed by atoms with Crippen LogP contribution < -0.4 is 4.83 Å². The number of nitrogens with zero attached hydrogens (tertiary/aromatic N) is 1. The molecule has 1 unspecified atom stereocenters. The predicted molar refractivity (Wildman–Crippen MR) is 89.5 cm³/mol. The summed E-state index contributed by atoms with van der Waals surface area (Å²) in [5, 5.41) is 4.71. The van der Waals surface area contributed by atoms with E-state index in [0.29, 0.717) is 11.0 Å². The quantitative estimate of drug-likeness (QED) is 0.204. The molecule has 0 bridgehead atoms. The molecule has 0 aliphatic heterocycles. The van der Waals surface area contributed by atoms with Gasteiger partial charge in [-0.25, -0.2) is 4.83 Å². The number of nitrogens with one attached hydrogen (secondary N) is 1. The van der Waals surface area contributed by atoms with Gasteiger partial charge >= 0.3 is 0 Å². The minimum atomic E-state index is 0.416. The van der Waals surface area contributed by atoms with Gasteiger partial charge in [-0.1, -0.05) is 43.3 Å². The van der Waals surface area contributed by atoms with E-state index >= 15 is 0 Å². The summed E-state index contributed by atoms with van der Waals surface area (Å²) in [6.07, 6.45) is 5.68. The van der Waals surface area contributed by atoms with Gasteiger partial charge in [-0.3, -0.25) is 0 Å². The first-order valence-electron chi connectivity index (χ1n) is 5.24. The lowest BCUT2D eigenvalue weighted by molar-refractivity contribution is 0.645. The zero-order valence-electron chi connectivity index (χ0n) is 10.2. The highest BCUT2D eigenvalue weighted by Crippen LogP contribution is 2.17. The van der Waals surface area contributed by atoms with Gasteiger partial charge in [0.25, 0.3) is 0 Å². The van der Waals surface area contributed by atoms with Gasteiger partial charge in [0.05, 0.1) is 0 Å². The monoisotopic (exact) mass is 384 g/mol. The van der Waals surface area contributed by atoms with Crippen molar-refractivity contribution >= 4 is 47.6 Å². The normalized spacial score (nSPS) is 13.8. The molecule has 17 heavy (non-hydrogen) atoms. The van der Waals surface area contributed by atoms with Crippen molar-refractivity contribution in [2.24, 2.45) is 11.0 Å². The average molecular weight is 385 g/mol. The maximum atomic E-state index is 5.66. The number of hydrazone groups is 1. The maximum Gasteiger partial charge on any atom is 0.0396 e. The Morgan fingerprint density at radius 2 is 2.18 bits per heavy atom. The van der Waals surface area contributed by atoms with E-state index < -0.39 is 0 Å². The van der Waals surface area contributed by atoms with E-state index in [1.807, 2.05) is 13.0 Å². The van der Waals surface area contributed by atoms with E-state index in [0.717, 1.165) is 24.1 Å². The third kappa shape index (κ3) is 9.73. The van der Waals surface area contributed by atoms with Crippen LogP contribution in [0.2, 0.25) is 0 Å². The van der Waals surface area contributed by atoms with Gasteiger partial charge in [-0.2, -0.15) is 5.10 Å². The number of hydrogen-bond donors (Lipinski definition) is 1. The number of hydrogen-bond acceptors (Lipinski definition) is 3. The fourth-order valence-electron chi connectivity index (χ4n) is 1.12. The van der Waals surface area contributed by atoms with Gasteiger partial charge in [-0.05, 0) is 31.8 Å². The van der Waals surface area contributed by atoms with Crippen molar-refractivity contribution in [1.82, 2.24) is 4.83 Å². The molecule has 0 saturated heterocycles. The molecule has 0 aromatic rings. The first-order valence-corrected chi connectivity index (χ1v) is 8.98. The maximum absolute atomic E-state index is 5.66. The van der Waals surface area contributed by atoms with E-state index in [1.165, 1.54) is 9.12 Å². The van der Waals surface area contributed by atoms with Crippen molar-refractivity contribution in [1.29, 1.82) is 0 Å². The van der Waals surface area contributed by atoms with Crippen LogP contribution in [-0.2, 0) is 0 Å². The SMILES string of the molecule is C=C(Cl)/C=C\C(=C)C(C)CC/C(C)=N/NSI. The molecular weight excluding hydrogens is 367 g/mol. The number of allylic oxidation sites excluding steroid dienone is 4. The molecule has 5 heteroatoms. The zero-order valence-corrected chi connectivity index (χ0v) is 13.9. The largest absolute Gasteiger partial charge is 0.242 e. The third-order valence-electron chi connectivity index (χ3n) is 2.32. The highest BCUT2D eigenvalue weighted by Gasteiger charge is 2.05. The highest BCUT2D eigenvalue weighted by atomic mass is 127. The zero-order chi connectivity index (χ0) is 13.3. The molecule has 0 heterocycles. The summed E-state index contributed by atoms with van der Waals surface area (Å²) in [7, 11) is 1.46. The summed E-state index contributed by atoms with van der Waals surface area (Å²) in [4.78, 5) is 2.87. The Morgan fingerprint density at radius 1 is 1.53 bits per heavy atom. The van der Waals surface area contributed by atoms with Gasteiger partial charge in [0.1, 0.15) is 0 Å². The van der Waals surface area contributed by atoms with Gasteiger partial charge in [0.2, 0.25) is 0 Å².